The molecule has 2 rings (SSSR count). The summed E-state index contributed by atoms with van der Waals surface area (Å²) in [5.74, 6) is -0.921. The zero-order chi connectivity index (χ0) is 14.7. The SMILES string of the molecule is CNC(=O)[C@@H]1CN(C(=O)c2ccc(C)cn2)C[C@H]1CO. The van der Waals surface area contributed by atoms with Crippen molar-refractivity contribution in [2.75, 3.05) is 26.7 Å². The van der Waals surface area contributed by atoms with Gasteiger partial charge in [0.1, 0.15) is 5.69 Å². The highest BCUT2D eigenvalue weighted by Gasteiger charge is 2.39. The molecular weight excluding hydrogens is 258 g/mol. The zero-order valence-corrected chi connectivity index (χ0v) is 11.7. The van der Waals surface area contributed by atoms with Gasteiger partial charge in [0.2, 0.25) is 5.91 Å². The molecule has 108 valence electrons. The molecule has 0 unspecified atom stereocenters. The smallest absolute Gasteiger partial charge is 0.272 e. The molecule has 2 amide bonds. The Morgan fingerprint density at radius 3 is 2.75 bits per heavy atom. The Kier molecular flexibility index (Phi) is 4.34. The van der Waals surface area contributed by atoms with Gasteiger partial charge in [0.15, 0.2) is 0 Å². The number of aliphatic hydroxyl groups is 1. The van der Waals surface area contributed by atoms with Gasteiger partial charge in [-0.15, -0.1) is 0 Å². The van der Waals surface area contributed by atoms with Crippen molar-refractivity contribution in [3.05, 3.63) is 29.6 Å². The van der Waals surface area contributed by atoms with E-state index in [1.807, 2.05) is 13.0 Å². The van der Waals surface area contributed by atoms with E-state index < -0.39 is 0 Å². The number of hydrogen-bond acceptors (Lipinski definition) is 4. The van der Waals surface area contributed by atoms with Crippen LogP contribution in [0.3, 0.4) is 0 Å². The lowest BCUT2D eigenvalue weighted by atomic mass is 9.96. The van der Waals surface area contributed by atoms with Gasteiger partial charge in [0.05, 0.1) is 5.92 Å². The van der Waals surface area contributed by atoms with E-state index >= 15 is 0 Å². The lowest BCUT2D eigenvalue weighted by molar-refractivity contribution is -0.125. The Bertz CT molecular complexity index is 501. The number of amides is 2. The summed E-state index contributed by atoms with van der Waals surface area (Å²) in [6.07, 6.45) is 1.64. The fraction of sp³-hybridized carbons (Fsp3) is 0.500. The second-order valence-electron chi connectivity index (χ2n) is 5.09. The molecule has 0 saturated carbocycles. The molecule has 1 aromatic rings. The first kappa shape index (κ1) is 14.5. The molecule has 0 bridgehead atoms. The molecule has 6 nitrogen and oxygen atoms in total. The molecule has 0 spiro atoms. The van der Waals surface area contributed by atoms with Crippen LogP contribution in [-0.2, 0) is 4.79 Å². The number of nitrogens with zero attached hydrogens (tertiary/aromatic N) is 2. The highest BCUT2D eigenvalue weighted by Crippen LogP contribution is 2.24. The van der Waals surface area contributed by atoms with Crippen LogP contribution in [0.15, 0.2) is 18.3 Å². The number of rotatable bonds is 3. The normalized spacial score (nSPS) is 21.9. The van der Waals surface area contributed by atoms with Crippen LogP contribution in [0.5, 0.6) is 0 Å². The van der Waals surface area contributed by atoms with Crippen LogP contribution in [-0.4, -0.2) is 53.5 Å². The molecule has 2 N–H and O–H groups in total. The van der Waals surface area contributed by atoms with Gasteiger partial charge < -0.3 is 15.3 Å². The summed E-state index contributed by atoms with van der Waals surface area (Å²) >= 11 is 0. The minimum atomic E-state index is -0.362. The first-order valence-corrected chi connectivity index (χ1v) is 6.61. The molecule has 1 aliphatic rings. The predicted octanol–water partition coefficient (Wildman–Crippen LogP) is -0.183. The quantitative estimate of drug-likeness (QED) is 0.802. The highest BCUT2D eigenvalue weighted by molar-refractivity contribution is 5.93. The van der Waals surface area contributed by atoms with Gasteiger partial charge in [-0.2, -0.15) is 0 Å². The van der Waals surface area contributed by atoms with E-state index in [1.54, 1.807) is 24.2 Å². The van der Waals surface area contributed by atoms with Crippen molar-refractivity contribution in [2.24, 2.45) is 11.8 Å². The Morgan fingerprint density at radius 1 is 1.45 bits per heavy atom. The van der Waals surface area contributed by atoms with E-state index in [2.05, 4.69) is 10.3 Å². The van der Waals surface area contributed by atoms with Gasteiger partial charge in [-0.3, -0.25) is 14.6 Å². The van der Waals surface area contributed by atoms with Crippen LogP contribution in [0.25, 0.3) is 0 Å². The minimum absolute atomic E-state index is 0.108. The molecule has 1 fully saturated rings. The molecule has 0 aromatic carbocycles. The number of nitrogens with one attached hydrogen (secondary N) is 1. The fourth-order valence-corrected chi connectivity index (χ4v) is 2.46. The molecule has 2 atom stereocenters. The fourth-order valence-electron chi connectivity index (χ4n) is 2.46. The number of hydrogen-bond donors (Lipinski definition) is 2. The highest BCUT2D eigenvalue weighted by atomic mass is 16.3. The third-order valence-electron chi connectivity index (χ3n) is 3.68. The van der Waals surface area contributed by atoms with Crippen molar-refractivity contribution in [1.82, 2.24) is 15.2 Å². The largest absolute Gasteiger partial charge is 0.396 e. The Morgan fingerprint density at radius 2 is 2.20 bits per heavy atom. The summed E-state index contributed by atoms with van der Waals surface area (Å²) in [5.41, 5.74) is 1.35. The minimum Gasteiger partial charge on any atom is -0.396 e. The topological polar surface area (TPSA) is 82.5 Å². The maximum Gasteiger partial charge on any atom is 0.272 e. The second kappa shape index (κ2) is 6.00. The van der Waals surface area contributed by atoms with Gasteiger partial charge in [-0.05, 0) is 18.6 Å². The van der Waals surface area contributed by atoms with Gasteiger partial charge in [-0.1, -0.05) is 6.07 Å². The third-order valence-corrected chi connectivity index (χ3v) is 3.68. The molecule has 1 aliphatic heterocycles. The number of carbonyl (C=O) groups excluding carboxylic acids is 2. The summed E-state index contributed by atoms with van der Waals surface area (Å²) in [6, 6.07) is 3.51. The monoisotopic (exact) mass is 277 g/mol. The first-order valence-electron chi connectivity index (χ1n) is 6.61. The standard InChI is InChI=1S/C14H19N3O3/c1-9-3-4-12(16-5-9)14(20)17-6-10(8-18)11(7-17)13(19)15-2/h3-5,10-11,18H,6-8H2,1-2H3,(H,15,19)/t10-,11+/m0/s1. The van der Waals surface area contributed by atoms with Crippen LogP contribution < -0.4 is 5.32 Å². The van der Waals surface area contributed by atoms with Crippen molar-refractivity contribution in [3.63, 3.8) is 0 Å². The van der Waals surface area contributed by atoms with Crippen molar-refractivity contribution < 1.29 is 14.7 Å². The summed E-state index contributed by atoms with van der Waals surface area (Å²) in [5, 5.41) is 11.9. The van der Waals surface area contributed by atoms with Gasteiger partial charge in [0, 0.05) is 38.9 Å². The van der Waals surface area contributed by atoms with E-state index in [4.69, 9.17) is 0 Å². The summed E-state index contributed by atoms with van der Waals surface area (Å²) in [7, 11) is 1.56. The number of pyridine rings is 1. The first-order chi connectivity index (χ1) is 9.56. The van der Waals surface area contributed by atoms with Crippen molar-refractivity contribution in [2.45, 2.75) is 6.92 Å². The second-order valence-corrected chi connectivity index (χ2v) is 5.09. The van der Waals surface area contributed by atoms with Crippen LogP contribution in [0.1, 0.15) is 16.1 Å². The van der Waals surface area contributed by atoms with E-state index in [-0.39, 0.29) is 30.3 Å². The van der Waals surface area contributed by atoms with Gasteiger partial charge in [0.25, 0.3) is 5.91 Å². The maximum atomic E-state index is 12.3. The molecule has 0 radical (unpaired) electrons. The van der Waals surface area contributed by atoms with Crippen LogP contribution >= 0.6 is 0 Å². The summed E-state index contributed by atoms with van der Waals surface area (Å²) < 4.78 is 0. The number of aryl methyl sites for hydroxylation is 1. The van der Waals surface area contributed by atoms with E-state index in [9.17, 15) is 14.7 Å². The third kappa shape index (κ3) is 2.80. The molecule has 6 heteroatoms. The maximum absolute atomic E-state index is 12.3. The predicted molar refractivity (Wildman–Crippen MR) is 73.0 cm³/mol. The molecule has 2 heterocycles. The van der Waals surface area contributed by atoms with Crippen LogP contribution in [0.4, 0.5) is 0 Å². The molecular formula is C14H19N3O3. The van der Waals surface area contributed by atoms with Crippen molar-refractivity contribution >= 4 is 11.8 Å². The lowest BCUT2D eigenvalue weighted by Gasteiger charge is -2.15. The Hall–Kier alpha value is -1.95. The van der Waals surface area contributed by atoms with E-state index in [0.717, 1.165) is 5.56 Å². The van der Waals surface area contributed by atoms with Crippen LogP contribution in [0.2, 0.25) is 0 Å². The molecule has 1 aromatic heterocycles. The summed E-state index contributed by atoms with van der Waals surface area (Å²) in [6.45, 7) is 2.49. The molecule has 20 heavy (non-hydrogen) atoms. The molecule has 0 aliphatic carbocycles. The Labute approximate surface area is 117 Å². The van der Waals surface area contributed by atoms with E-state index in [1.165, 1.54) is 0 Å². The number of aliphatic hydroxyl groups excluding tert-OH is 1. The number of aromatic nitrogens is 1. The van der Waals surface area contributed by atoms with Gasteiger partial charge >= 0.3 is 0 Å². The van der Waals surface area contributed by atoms with Gasteiger partial charge in [-0.25, -0.2) is 0 Å². The van der Waals surface area contributed by atoms with Crippen LogP contribution in [0, 0.1) is 18.8 Å². The summed E-state index contributed by atoms with van der Waals surface area (Å²) in [4.78, 5) is 29.8. The van der Waals surface area contributed by atoms with E-state index in [0.29, 0.717) is 18.8 Å². The Balaban J connectivity index is 2.12. The van der Waals surface area contributed by atoms with Crippen molar-refractivity contribution in [1.29, 1.82) is 0 Å². The zero-order valence-electron chi connectivity index (χ0n) is 11.7. The van der Waals surface area contributed by atoms with Crippen molar-refractivity contribution in [3.8, 4) is 0 Å². The lowest BCUT2D eigenvalue weighted by Crippen LogP contribution is -2.34. The number of carbonyl (C=O) groups is 2. The number of likely N-dealkylation sites (tertiary alicyclic amines) is 1. The molecule has 1 saturated heterocycles. The average Bonchev–Trinajstić information content (AvgIpc) is 2.90. The average molecular weight is 277 g/mol.